The average Bonchev–Trinajstić information content (AvgIpc) is 3.15. The quantitative estimate of drug-likeness (QED) is 0.181. The SMILES string of the molecule is c1ccc(-c2ccc(-c3cc4c5ccccc5c5cc(-c6ccccc6)ccc5c4c4ccccc34)c(-c3ccccc3)c2)cc1. The van der Waals surface area contributed by atoms with Crippen LogP contribution in [0.5, 0.6) is 0 Å². The predicted molar refractivity (Wildman–Crippen MR) is 198 cm³/mol. The van der Waals surface area contributed by atoms with Crippen LogP contribution in [0.4, 0.5) is 0 Å². The van der Waals surface area contributed by atoms with Gasteiger partial charge in [-0.15, -0.1) is 0 Å². The molecule has 0 amide bonds. The van der Waals surface area contributed by atoms with Gasteiger partial charge in [-0.05, 0) is 106 Å². The molecule has 0 heterocycles. The molecular weight excluding hydrogens is 553 g/mol. The third-order valence-corrected chi connectivity index (χ3v) is 9.45. The maximum atomic E-state index is 2.45. The average molecular weight is 583 g/mol. The summed E-state index contributed by atoms with van der Waals surface area (Å²) in [5.41, 5.74) is 9.88. The third kappa shape index (κ3) is 4.30. The summed E-state index contributed by atoms with van der Waals surface area (Å²) in [6.45, 7) is 0. The summed E-state index contributed by atoms with van der Waals surface area (Å²) >= 11 is 0. The van der Waals surface area contributed by atoms with Crippen LogP contribution in [-0.2, 0) is 0 Å². The van der Waals surface area contributed by atoms with E-state index in [2.05, 4.69) is 182 Å². The first-order valence-electron chi connectivity index (χ1n) is 15.9. The second kappa shape index (κ2) is 10.9. The van der Waals surface area contributed by atoms with E-state index < -0.39 is 0 Å². The van der Waals surface area contributed by atoms with Crippen LogP contribution in [0.2, 0.25) is 0 Å². The van der Waals surface area contributed by atoms with E-state index in [-0.39, 0.29) is 0 Å². The molecule has 0 heteroatoms. The zero-order valence-corrected chi connectivity index (χ0v) is 25.3. The summed E-state index contributed by atoms with van der Waals surface area (Å²) in [6.07, 6.45) is 0. The standard InChI is InChI=1S/C46H30/c1-4-14-31(15-5-1)34-24-26-39(42(28-34)33-18-8-3-9-19-33)44-30-45-37-21-11-10-20-36(37)43-29-35(32-16-6-2-7-17-32)25-27-41(43)46(45)40-23-13-12-22-38(40)44/h1-30H. The van der Waals surface area contributed by atoms with E-state index in [0.717, 1.165) is 0 Å². The van der Waals surface area contributed by atoms with Crippen molar-refractivity contribution < 1.29 is 0 Å². The van der Waals surface area contributed by atoms with Crippen LogP contribution >= 0.6 is 0 Å². The lowest BCUT2D eigenvalue weighted by Crippen LogP contribution is -1.92. The molecule has 0 nitrogen and oxygen atoms in total. The Hall–Kier alpha value is -5.98. The number of benzene rings is 9. The molecule has 0 aliphatic rings. The van der Waals surface area contributed by atoms with Crippen molar-refractivity contribution >= 4 is 43.1 Å². The fourth-order valence-electron chi connectivity index (χ4n) is 7.29. The Balaban J connectivity index is 1.38. The van der Waals surface area contributed by atoms with Crippen molar-refractivity contribution in [1.29, 1.82) is 0 Å². The fraction of sp³-hybridized carbons (Fsp3) is 0. The zero-order chi connectivity index (χ0) is 30.5. The van der Waals surface area contributed by atoms with Crippen molar-refractivity contribution in [3.63, 3.8) is 0 Å². The molecule has 0 bridgehead atoms. The number of hydrogen-bond acceptors (Lipinski definition) is 0. The van der Waals surface area contributed by atoms with Gasteiger partial charge in [-0.1, -0.05) is 164 Å². The summed E-state index contributed by atoms with van der Waals surface area (Å²) in [5.74, 6) is 0. The number of fused-ring (bicyclic) bond motifs is 8. The molecule has 0 unspecified atom stereocenters. The minimum Gasteiger partial charge on any atom is -0.0622 e. The topological polar surface area (TPSA) is 0 Å². The summed E-state index contributed by atoms with van der Waals surface area (Å²) in [5, 5.41) is 10.3. The van der Waals surface area contributed by atoms with Crippen molar-refractivity contribution in [2.24, 2.45) is 0 Å². The highest BCUT2D eigenvalue weighted by atomic mass is 14.2. The highest BCUT2D eigenvalue weighted by Crippen LogP contribution is 2.46. The molecule has 0 N–H and O–H groups in total. The third-order valence-electron chi connectivity index (χ3n) is 9.45. The van der Waals surface area contributed by atoms with Gasteiger partial charge in [-0.25, -0.2) is 0 Å². The van der Waals surface area contributed by atoms with Gasteiger partial charge < -0.3 is 0 Å². The molecule has 0 aliphatic carbocycles. The van der Waals surface area contributed by atoms with Crippen LogP contribution in [0.1, 0.15) is 0 Å². The second-order valence-electron chi connectivity index (χ2n) is 12.1. The van der Waals surface area contributed by atoms with E-state index in [0.29, 0.717) is 0 Å². The Labute approximate surface area is 268 Å². The van der Waals surface area contributed by atoms with Crippen molar-refractivity contribution in [2.75, 3.05) is 0 Å². The lowest BCUT2D eigenvalue weighted by atomic mass is 9.84. The number of rotatable bonds is 4. The van der Waals surface area contributed by atoms with E-state index in [1.54, 1.807) is 0 Å². The van der Waals surface area contributed by atoms with Gasteiger partial charge >= 0.3 is 0 Å². The lowest BCUT2D eigenvalue weighted by Gasteiger charge is -2.19. The van der Waals surface area contributed by atoms with E-state index in [9.17, 15) is 0 Å². The molecule has 0 aromatic heterocycles. The fourth-order valence-corrected chi connectivity index (χ4v) is 7.29. The molecule has 0 saturated carbocycles. The molecule has 0 saturated heterocycles. The first-order valence-corrected chi connectivity index (χ1v) is 15.9. The minimum atomic E-state index is 1.22. The molecular formula is C46H30. The first kappa shape index (κ1) is 26.4. The smallest absolute Gasteiger partial charge is 0.00199 e. The summed E-state index contributed by atoms with van der Waals surface area (Å²) in [4.78, 5) is 0. The first-order chi connectivity index (χ1) is 22.8. The van der Waals surface area contributed by atoms with Crippen LogP contribution in [0.25, 0.3) is 87.6 Å². The lowest BCUT2D eigenvalue weighted by molar-refractivity contribution is 1.58. The molecule has 0 radical (unpaired) electrons. The van der Waals surface area contributed by atoms with E-state index in [1.165, 1.54) is 87.6 Å². The molecule has 46 heavy (non-hydrogen) atoms. The Bertz CT molecular complexity index is 2540. The predicted octanol–water partition coefficient (Wildman–Crippen LogP) is 13.0. The largest absolute Gasteiger partial charge is 0.0622 e. The van der Waals surface area contributed by atoms with Gasteiger partial charge in [-0.2, -0.15) is 0 Å². The van der Waals surface area contributed by atoms with Gasteiger partial charge in [0.2, 0.25) is 0 Å². The molecule has 0 aliphatic heterocycles. The second-order valence-corrected chi connectivity index (χ2v) is 12.1. The molecule has 214 valence electrons. The normalized spacial score (nSPS) is 11.5. The van der Waals surface area contributed by atoms with Gasteiger partial charge in [-0.3, -0.25) is 0 Å². The van der Waals surface area contributed by atoms with Crippen LogP contribution < -0.4 is 0 Å². The van der Waals surface area contributed by atoms with E-state index in [1.807, 2.05) is 0 Å². The monoisotopic (exact) mass is 582 g/mol. The highest BCUT2D eigenvalue weighted by Gasteiger charge is 2.18. The summed E-state index contributed by atoms with van der Waals surface area (Å²) in [6, 6.07) is 66.5. The van der Waals surface area contributed by atoms with E-state index >= 15 is 0 Å². The Morgan fingerprint density at radius 2 is 0.674 bits per heavy atom. The molecule has 0 fully saturated rings. The maximum Gasteiger partial charge on any atom is -0.00199 e. The minimum absolute atomic E-state index is 1.22. The summed E-state index contributed by atoms with van der Waals surface area (Å²) < 4.78 is 0. The molecule has 0 atom stereocenters. The summed E-state index contributed by atoms with van der Waals surface area (Å²) in [7, 11) is 0. The van der Waals surface area contributed by atoms with Crippen molar-refractivity contribution in [1.82, 2.24) is 0 Å². The van der Waals surface area contributed by atoms with Gasteiger partial charge in [0.15, 0.2) is 0 Å². The van der Waals surface area contributed by atoms with Gasteiger partial charge in [0.25, 0.3) is 0 Å². The molecule has 0 spiro atoms. The van der Waals surface area contributed by atoms with Gasteiger partial charge in [0, 0.05) is 0 Å². The van der Waals surface area contributed by atoms with Crippen LogP contribution in [0, 0.1) is 0 Å². The highest BCUT2D eigenvalue weighted by molar-refractivity contribution is 6.33. The van der Waals surface area contributed by atoms with Crippen molar-refractivity contribution in [3.8, 4) is 44.5 Å². The molecule has 9 rings (SSSR count). The number of hydrogen-bond donors (Lipinski definition) is 0. The van der Waals surface area contributed by atoms with E-state index in [4.69, 9.17) is 0 Å². The van der Waals surface area contributed by atoms with Gasteiger partial charge in [0.05, 0.1) is 0 Å². The Morgan fingerprint density at radius 1 is 0.196 bits per heavy atom. The van der Waals surface area contributed by atoms with Crippen LogP contribution in [-0.4, -0.2) is 0 Å². The van der Waals surface area contributed by atoms with Gasteiger partial charge in [0.1, 0.15) is 0 Å². The van der Waals surface area contributed by atoms with Crippen molar-refractivity contribution in [2.45, 2.75) is 0 Å². The van der Waals surface area contributed by atoms with Crippen molar-refractivity contribution in [3.05, 3.63) is 182 Å². The molecule has 9 aromatic rings. The molecule has 9 aromatic carbocycles. The van der Waals surface area contributed by atoms with Crippen LogP contribution in [0.15, 0.2) is 182 Å². The Kier molecular flexibility index (Phi) is 6.25. The maximum absolute atomic E-state index is 2.45. The van der Waals surface area contributed by atoms with Crippen LogP contribution in [0.3, 0.4) is 0 Å². The zero-order valence-electron chi connectivity index (χ0n) is 25.3. The Morgan fingerprint density at radius 3 is 1.33 bits per heavy atom.